The molecule has 0 spiro atoms. The van der Waals surface area contributed by atoms with Crippen molar-refractivity contribution in [3.05, 3.63) is 23.8 Å². The average Bonchev–Trinajstić information content (AvgIpc) is 2.53. The van der Waals surface area contributed by atoms with Crippen LogP contribution in [0, 0.1) is 12.8 Å². The van der Waals surface area contributed by atoms with E-state index in [9.17, 15) is 8.42 Å². The van der Waals surface area contributed by atoms with E-state index in [0.29, 0.717) is 12.3 Å². The molecule has 1 heterocycles. The van der Waals surface area contributed by atoms with Gasteiger partial charge in [-0.3, -0.25) is 4.90 Å². The Morgan fingerprint density at radius 2 is 2.00 bits per heavy atom. The maximum atomic E-state index is 12.5. The molecule has 130 valence electrons. The normalized spacial score (nSPS) is 18.8. The molecule has 5 nitrogen and oxygen atoms in total. The molecule has 0 saturated carbocycles. The lowest BCUT2D eigenvalue weighted by molar-refractivity contribution is 0.148. The molecule has 1 aliphatic heterocycles. The average molecular weight is 340 g/mol. The summed E-state index contributed by atoms with van der Waals surface area (Å²) in [5, 5.41) is 0. The minimum atomic E-state index is -3.48. The molecule has 0 radical (unpaired) electrons. The first kappa shape index (κ1) is 18.2. The highest BCUT2D eigenvalue weighted by molar-refractivity contribution is 7.89. The number of nitrogens with zero attached hydrogens (tertiary/aromatic N) is 1. The summed E-state index contributed by atoms with van der Waals surface area (Å²) in [6.45, 7) is 8.73. The standard InChI is InChI=1S/C17H28N2O3S/c1-13-7-9-19(10-8-13)15(3)12-18-23(20,21)16-5-6-17(22-4)14(2)11-16/h5-6,11,13,15,18H,7-10,12H2,1-4H3. The Bertz CT molecular complexity index is 623. The molecule has 2 rings (SSSR count). The third-order valence-corrected chi connectivity index (χ3v) is 6.11. The minimum absolute atomic E-state index is 0.205. The van der Waals surface area contributed by atoms with Gasteiger partial charge in [-0.05, 0) is 69.5 Å². The largest absolute Gasteiger partial charge is 0.496 e. The van der Waals surface area contributed by atoms with Crippen molar-refractivity contribution >= 4 is 10.0 Å². The quantitative estimate of drug-likeness (QED) is 0.864. The summed E-state index contributed by atoms with van der Waals surface area (Å²) in [7, 11) is -1.91. The van der Waals surface area contributed by atoms with Gasteiger partial charge in [0.05, 0.1) is 12.0 Å². The Morgan fingerprint density at radius 1 is 1.35 bits per heavy atom. The van der Waals surface area contributed by atoms with Gasteiger partial charge in [0.15, 0.2) is 0 Å². The fraction of sp³-hybridized carbons (Fsp3) is 0.647. The fourth-order valence-corrected chi connectivity index (χ4v) is 4.14. The van der Waals surface area contributed by atoms with Gasteiger partial charge in [0, 0.05) is 12.6 Å². The number of rotatable bonds is 6. The molecule has 23 heavy (non-hydrogen) atoms. The maximum absolute atomic E-state index is 12.5. The van der Waals surface area contributed by atoms with E-state index in [4.69, 9.17) is 4.74 Å². The third kappa shape index (κ3) is 4.68. The van der Waals surface area contributed by atoms with Crippen LogP contribution >= 0.6 is 0 Å². The second-order valence-electron chi connectivity index (χ2n) is 6.55. The zero-order valence-electron chi connectivity index (χ0n) is 14.5. The van der Waals surface area contributed by atoms with Crippen LogP contribution in [0.5, 0.6) is 5.75 Å². The molecule has 1 atom stereocenters. The second kappa shape index (κ2) is 7.64. The summed E-state index contributed by atoms with van der Waals surface area (Å²) in [5.41, 5.74) is 0.813. The molecule has 1 aromatic carbocycles. The van der Waals surface area contributed by atoms with E-state index in [2.05, 4.69) is 23.5 Å². The van der Waals surface area contributed by atoms with Crippen LogP contribution in [0.15, 0.2) is 23.1 Å². The van der Waals surface area contributed by atoms with Gasteiger partial charge in [-0.25, -0.2) is 13.1 Å². The number of aryl methyl sites for hydroxylation is 1. The Kier molecular flexibility index (Phi) is 6.06. The first-order chi connectivity index (χ1) is 10.8. The lowest BCUT2D eigenvalue weighted by atomic mass is 9.98. The number of sulfonamides is 1. The second-order valence-corrected chi connectivity index (χ2v) is 8.32. The van der Waals surface area contributed by atoms with Crippen molar-refractivity contribution in [2.24, 2.45) is 5.92 Å². The van der Waals surface area contributed by atoms with Crippen LogP contribution in [-0.2, 0) is 10.0 Å². The zero-order valence-corrected chi connectivity index (χ0v) is 15.3. The maximum Gasteiger partial charge on any atom is 0.240 e. The fourth-order valence-electron chi connectivity index (χ4n) is 2.93. The molecule has 0 aromatic heterocycles. The predicted molar refractivity (Wildman–Crippen MR) is 92.4 cm³/mol. The topological polar surface area (TPSA) is 58.6 Å². The highest BCUT2D eigenvalue weighted by atomic mass is 32.2. The lowest BCUT2D eigenvalue weighted by Crippen LogP contribution is -2.45. The minimum Gasteiger partial charge on any atom is -0.496 e. The van der Waals surface area contributed by atoms with Crippen LogP contribution in [0.4, 0.5) is 0 Å². The highest BCUT2D eigenvalue weighted by Crippen LogP contribution is 2.21. The first-order valence-corrected chi connectivity index (χ1v) is 9.70. The third-order valence-electron chi connectivity index (χ3n) is 4.69. The number of methoxy groups -OCH3 is 1. The molecule has 1 N–H and O–H groups in total. The van der Waals surface area contributed by atoms with Crippen LogP contribution in [0.2, 0.25) is 0 Å². The Hall–Kier alpha value is -1.11. The monoisotopic (exact) mass is 340 g/mol. The number of ether oxygens (including phenoxy) is 1. The van der Waals surface area contributed by atoms with E-state index < -0.39 is 10.0 Å². The molecule has 1 aliphatic rings. The Balaban J connectivity index is 1.97. The van der Waals surface area contributed by atoms with Gasteiger partial charge in [0.25, 0.3) is 0 Å². The van der Waals surface area contributed by atoms with Gasteiger partial charge < -0.3 is 4.74 Å². The summed E-state index contributed by atoms with van der Waals surface area (Å²) in [6.07, 6.45) is 2.38. The Labute approximate surface area is 140 Å². The van der Waals surface area contributed by atoms with Gasteiger partial charge in [-0.2, -0.15) is 0 Å². The summed E-state index contributed by atoms with van der Waals surface area (Å²) >= 11 is 0. The molecule has 0 aliphatic carbocycles. The molecule has 0 amide bonds. The molecule has 1 fully saturated rings. The molecule has 0 bridgehead atoms. The molecule has 1 aromatic rings. The number of hydrogen-bond donors (Lipinski definition) is 1. The SMILES string of the molecule is COc1ccc(S(=O)(=O)NCC(C)N2CCC(C)CC2)cc1C. The van der Waals surface area contributed by atoms with Crippen molar-refractivity contribution in [3.8, 4) is 5.75 Å². The van der Waals surface area contributed by atoms with Crippen LogP contribution in [0.1, 0.15) is 32.3 Å². The van der Waals surface area contributed by atoms with Gasteiger partial charge >= 0.3 is 0 Å². The number of likely N-dealkylation sites (tertiary alicyclic amines) is 1. The van der Waals surface area contributed by atoms with E-state index >= 15 is 0 Å². The van der Waals surface area contributed by atoms with Crippen LogP contribution in [0.3, 0.4) is 0 Å². The van der Waals surface area contributed by atoms with Crippen LogP contribution < -0.4 is 9.46 Å². The molecule has 6 heteroatoms. The van der Waals surface area contributed by atoms with Crippen molar-refractivity contribution in [1.29, 1.82) is 0 Å². The number of hydrogen-bond acceptors (Lipinski definition) is 4. The molecule has 1 saturated heterocycles. The van der Waals surface area contributed by atoms with E-state index in [1.807, 2.05) is 6.92 Å². The van der Waals surface area contributed by atoms with Crippen LogP contribution in [-0.4, -0.2) is 46.1 Å². The van der Waals surface area contributed by atoms with E-state index in [1.165, 1.54) is 12.8 Å². The Morgan fingerprint density at radius 3 is 2.57 bits per heavy atom. The number of benzene rings is 1. The van der Waals surface area contributed by atoms with E-state index in [1.54, 1.807) is 25.3 Å². The smallest absolute Gasteiger partial charge is 0.240 e. The summed E-state index contributed by atoms with van der Waals surface area (Å²) in [6, 6.07) is 5.13. The summed E-state index contributed by atoms with van der Waals surface area (Å²) in [4.78, 5) is 2.65. The highest BCUT2D eigenvalue weighted by Gasteiger charge is 2.22. The van der Waals surface area contributed by atoms with Gasteiger partial charge in [0.1, 0.15) is 5.75 Å². The predicted octanol–water partition coefficient (Wildman–Crippen LogP) is 2.40. The molecule has 1 unspecified atom stereocenters. The number of piperidine rings is 1. The van der Waals surface area contributed by atoms with Crippen LogP contribution in [0.25, 0.3) is 0 Å². The van der Waals surface area contributed by atoms with Gasteiger partial charge in [-0.15, -0.1) is 0 Å². The summed E-state index contributed by atoms with van der Waals surface area (Å²) in [5.74, 6) is 1.47. The molecular formula is C17H28N2O3S. The van der Waals surface area contributed by atoms with Crippen molar-refractivity contribution in [1.82, 2.24) is 9.62 Å². The van der Waals surface area contributed by atoms with Gasteiger partial charge in [-0.1, -0.05) is 6.92 Å². The van der Waals surface area contributed by atoms with Crippen molar-refractivity contribution in [2.45, 2.75) is 44.6 Å². The van der Waals surface area contributed by atoms with Crippen molar-refractivity contribution in [2.75, 3.05) is 26.7 Å². The van der Waals surface area contributed by atoms with Crippen molar-refractivity contribution in [3.63, 3.8) is 0 Å². The van der Waals surface area contributed by atoms with E-state index in [-0.39, 0.29) is 10.9 Å². The molecular weight excluding hydrogens is 312 g/mol. The zero-order chi connectivity index (χ0) is 17.0. The van der Waals surface area contributed by atoms with Crippen molar-refractivity contribution < 1.29 is 13.2 Å². The summed E-state index contributed by atoms with van der Waals surface area (Å²) < 4.78 is 32.8. The van der Waals surface area contributed by atoms with Gasteiger partial charge in [0.2, 0.25) is 10.0 Å². The lowest BCUT2D eigenvalue weighted by Gasteiger charge is -2.34. The number of nitrogens with one attached hydrogen (secondary N) is 1. The van der Waals surface area contributed by atoms with E-state index in [0.717, 1.165) is 24.6 Å². The first-order valence-electron chi connectivity index (χ1n) is 8.22.